The van der Waals surface area contributed by atoms with Crippen molar-refractivity contribution in [2.24, 2.45) is 0 Å². The standard InChI is InChI=1S/C15H17N3/c1-16-10-13-6-7-14(11-17-13)18-9-8-12-4-2-3-5-15(12)18/h2-7,11,16H,8-10H2,1H3. The summed E-state index contributed by atoms with van der Waals surface area (Å²) in [5, 5.41) is 3.11. The zero-order chi connectivity index (χ0) is 12.4. The zero-order valence-electron chi connectivity index (χ0n) is 10.6. The van der Waals surface area contributed by atoms with E-state index in [4.69, 9.17) is 0 Å². The van der Waals surface area contributed by atoms with Gasteiger partial charge in [0.2, 0.25) is 0 Å². The molecular weight excluding hydrogens is 222 g/mol. The SMILES string of the molecule is CNCc1ccc(N2CCc3ccccc32)cn1. The summed E-state index contributed by atoms with van der Waals surface area (Å²) < 4.78 is 0. The molecule has 0 saturated carbocycles. The third kappa shape index (κ3) is 1.97. The molecule has 1 N–H and O–H groups in total. The topological polar surface area (TPSA) is 28.2 Å². The summed E-state index contributed by atoms with van der Waals surface area (Å²) in [7, 11) is 1.94. The summed E-state index contributed by atoms with van der Waals surface area (Å²) in [6.07, 6.45) is 3.09. The van der Waals surface area contributed by atoms with Gasteiger partial charge in [-0.05, 0) is 37.2 Å². The Kier molecular flexibility index (Phi) is 2.99. The highest BCUT2D eigenvalue weighted by Crippen LogP contribution is 2.33. The molecule has 1 aromatic carbocycles. The molecule has 1 aliphatic heterocycles. The summed E-state index contributed by atoms with van der Waals surface area (Å²) in [4.78, 5) is 6.82. The number of nitrogens with one attached hydrogen (secondary N) is 1. The van der Waals surface area contributed by atoms with Gasteiger partial charge in [-0.3, -0.25) is 4.98 Å². The van der Waals surface area contributed by atoms with Gasteiger partial charge < -0.3 is 10.2 Å². The van der Waals surface area contributed by atoms with E-state index in [1.165, 1.54) is 16.9 Å². The molecule has 3 rings (SSSR count). The quantitative estimate of drug-likeness (QED) is 0.892. The monoisotopic (exact) mass is 239 g/mol. The second kappa shape index (κ2) is 4.78. The predicted octanol–water partition coefficient (Wildman–Crippen LogP) is 2.50. The summed E-state index contributed by atoms with van der Waals surface area (Å²) in [5.41, 5.74) is 5.01. The molecule has 1 aliphatic rings. The maximum absolute atomic E-state index is 4.48. The van der Waals surface area contributed by atoms with Crippen molar-refractivity contribution >= 4 is 11.4 Å². The van der Waals surface area contributed by atoms with Gasteiger partial charge in [-0.2, -0.15) is 0 Å². The van der Waals surface area contributed by atoms with E-state index in [9.17, 15) is 0 Å². The molecule has 0 unspecified atom stereocenters. The second-order valence-electron chi connectivity index (χ2n) is 4.57. The van der Waals surface area contributed by atoms with E-state index in [2.05, 4.69) is 51.6 Å². The van der Waals surface area contributed by atoms with Crippen LogP contribution in [0.25, 0.3) is 0 Å². The predicted molar refractivity (Wildman–Crippen MR) is 74.2 cm³/mol. The van der Waals surface area contributed by atoms with Crippen LogP contribution in [-0.2, 0) is 13.0 Å². The molecule has 3 heteroatoms. The van der Waals surface area contributed by atoms with Crippen LogP contribution in [0.2, 0.25) is 0 Å². The van der Waals surface area contributed by atoms with Crippen LogP contribution in [0, 0.1) is 0 Å². The molecule has 0 bridgehead atoms. The van der Waals surface area contributed by atoms with Crippen LogP contribution in [0.4, 0.5) is 11.4 Å². The van der Waals surface area contributed by atoms with E-state index in [1.54, 1.807) is 0 Å². The van der Waals surface area contributed by atoms with Crippen molar-refractivity contribution in [3.05, 3.63) is 53.9 Å². The highest BCUT2D eigenvalue weighted by Gasteiger charge is 2.19. The normalized spacial score (nSPS) is 13.7. The Balaban J connectivity index is 1.88. The molecule has 0 amide bonds. The first-order valence-electron chi connectivity index (χ1n) is 6.33. The number of hydrogen-bond donors (Lipinski definition) is 1. The first kappa shape index (κ1) is 11.2. The van der Waals surface area contributed by atoms with Crippen molar-refractivity contribution in [3.63, 3.8) is 0 Å². The maximum atomic E-state index is 4.48. The van der Waals surface area contributed by atoms with Gasteiger partial charge in [0.15, 0.2) is 0 Å². The van der Waals surface area contributed by atoms with Crippen LogP contribution in [-0.4, -0.2) is 18.6 Å². The fourth-order valence-corrected chi connectivity index (χ4v) is 2.47. The minimum Gasteiger partial charge on any atom is -0.340 e. The Hall–Kier alpha value is -1.87. The number of rotatable bonds is 3. The van der Waals surface area contributed by atoms with Crippen LogP contribution in [0.1, 0.15) is 11.3 Å². The van der Waals surface area contributed by atoms with Crippen LogP contribution in [0.15, 0.2) is 42.6 Å². The molecular formula is C15H17N3. The second-order valence-corrected chi connectivity index (χ2v) is 4.57. The Morgan fingerprint density at radius 3 is 2.89 bits per heavy atom. The van der Waals surface area contributed by atoms with Gasteiger partial charge in [0.25, 0.3) is 0 Å². The number of anilines is 2. The summed E-state index contributed by atoms with van der Waals surface area (Å²) in [6.45, 7) is 1.86. The van der Waals surface area contributed by atoms with Crippen LogP contribution < -0.4 is 10.2 Å². The van der Waals surface area contributed by atoms with E-state index in [1.807, 2.05) is 13.2 Å². The maximum Gasteiger partial charge on any atom is 0.0597 e. The molecule has 3 nitrogen and oxygen atoms in total. The molecule has 0 fully saturated rings. The Morgan fingerprint density at radius 1 is 1.22 bits per heavy atom. The number of pyridine rings is 1. The molecule has 0 spiro atoms. The molecule has 2 aromatic rings. The van der Waals surface area contributed by atoms with E-state index in [0.29, 0.717) is 0 Å². The largest absolute Gasteiger partial charge is 0.340 e. The Morgan fingerprint density at radius 2 is 2.11 bits per heavy atom. The van der Waals surface area contributed by atoms with Crippen molar-refractivity contribution in [2.75, 3.05) is 18.5 Å². The minimum atomic E-state index is 0.816. The molecule has 0 radical (unpaired) electrons. The van der Waals surface area contributed by atoms with Crippen molar-refractivity contribution in [1.82, 2.24) is 10.3 Å². The fraction of sp³-hybridized carbons (Fsp3) is 0.267. The lowest BCUT2D eigenvalue weighted by atomic mass is 10.2. The van der Waals surface area contributed by atoms with Crippen LogP contribution >= 0.6 is 0 Å². The van der Waals surface area contributed by atoms with Crippen molar-refractivity contribution in [3.8, 4) is 0 Å². The van der Waals surface area contributed by atoms with E-state index >= 15 is 0 Å². The molecule has 0 aliphatic carbocycles. The molecule has 0 atom stereocenters. The number of aromatic nitrogens is 1. The number of hydrogen-bond acceptors (Lipinski definition) is 3. The highest BCUT2D eigenvalue weighted by atomic mass is 15.2. The van der Waals surface area contributed by atoms with E-state index < -0.39 is 0 Å². The smallest absolute Gasteiger partial charge is 0.0597 e. The average molecular weight is 239 g/mol. The highest BCUT2D eigenvalue weighted by molar-refractivity contribution is 5.69. The van der Waals surface area contributed by atoms with Crippen LogP contribution in [0.5, 0.6) is 0 Å². The Labute approximate surface area is 107 Å². The van der Waals surface area contributed by atoms with Gasteiger partial charge in [-0.25, -0.2) is 0 Å². The Bertz CT molecular complexity index is 534. The third-order valence-electron chi connectivity index (χ3n) is 3.37. The average Bonchev–Trinajstić information content (AvgIpc) is 2.84. The molecule has 0 saturated heterocycles. The summed E-state index contributed by atoms with van der Waals surface area (Å²) in [6, 6.07) is 12.8. The van der Waals surface area contributed by atoms with Gasteiger partial charge in [-0.15, -0.1) is 0 Å². The van der Waals surface area contributed by atoms with E-state index in [0.717, 1.165) is 25.2 Å². The minimum absolute atomic E-state index is 0.816. The lowest BCUT2D eigenvalue weighted by Gasteiger charge is -2.19. The van der Waals surface area contributed by atoms with Gasteiger partial charge >= 0.3 is 0 Å². The van der Waals surface area contributed by atoms with Gasteiger partial charge in [-0.1, -0.05) is 18.2 Å². The molecule has 1 aromatic heterocycles. The molecule has 18 heavy (non-hydrogen) atoms. The van der Waals surface area contributed by atoms with Crippen LogP contribution in [0.3, 0.4) is 0 Å². The first-order chi connectivity index (χ1) is 8.88. The van der Waals surface area contributed by atoms with Crippen molar-refractivity contribution < 1.29 is 0 Å². The summed E-state index contributed by atoms with van der Waals surface area (Å²) >= 11 is 0. The number of benzene rings is 1. The number of nitrogens with zero attached hydrogens (tertiary/aromatic N) is 2. The zero-order valence-corrected chi connectivity index (χ0v) is 10.6. The lowest BCUT2D eigenvalue weighted by molar-refractivity contribution is 0.790. The van der Waals surface area contributed by atoms with Crippen molar-refractivity contribution in [2.45, 2.75) is 13.0 Å². The third-order valence-corrected chi connectivity index (χ3v) is 3.37. The molecule has 92 valence electrons. The lowest BCUT2D eigenvalue weighted by Crippen LogP contribution is -2.14. The number of fused-ring (bicyclic) bond motifs is 1. The van der Waals surface area contributed by atoms with Crippen molar-refractivity contribution in [1.29, 1.82) is 0 Å². The fourth-order valence-electron chi connectivity index (χ4n) is 2.47. The number of para-hydroxylation sites is 1. The first-order valence-corrected chi connectivity index (χ1v) is 6.33. The summed E-state index contributed by atoms with van der Waals surface area (Å²) in [5.74, 6) is 0. The van der Waals surface area contributed by atoms with Gasteiger partial charge in [0.05, 0.1) is 17.6 Å². The van der Waals surface area contributed by atoms with Gasteiger partial charge in [0, 0.05) is 18.8 Å². The van der Waals surface area contributed by atoms with Gasteiger partial charge in [0.1, 0.15) is 0 Å². The molecule has 2 heterocycles. The van der Waals surface area contributed by atoms with E-state index in [-0.39, 0.29) is 0 Å².